The molecule has 264 valence electrons. The summed E-state index contributed by atoms with van der Waals surface area (Å²) in [6, 6.07) is 48.3. The quantitative estimate of drug-likeness (QED) is 0.161. The van der Waals surface area contributed by atoms with Gasteiger partial charge in [-0.1, -0.05) is 133 Å². The van der Waals surface area contributed by atoms with E-state index in [-0.39, 0.29) is 0 Å². The molecular formula is C50H38N4O. The van der Waals surface area contributed by atoms with E-state index in [0.29, 0.717) is 28.6 Å². The molecule has 2 heterocycles. The second-order valence-electron chi connectivity index (χ2n) is 16.2. The number of furan rings is 1. The number of hydrogen-bond donors (Lipinski definition) is 0. The maximum atomic E-state index is 7.41. The Morgan fingerprint density at radius 2 is 0.964 bits per heavy atom. The zero-order chi connectivity index (χ0) is 36.5. The maximum absolute atomic E-state index is 7.41. The van der Waals surface area contributed by atoms with Gasteiger partial charge in [-0.3, -0.25) is 0 Å². The van der Waals surface area contributed by atoms with Crippen LogP contribution >= 0.6 is 0 Å². The van der Waals surface area contributed by atoms with Gasteiger partial charge < -0.3 is 4.42 Å². The molecule has 12 rings (SSSR count). The number of aromatic nitrogens is 3. The van der Waals surface area contributed by atoms with Gasteiger partial charge in [-0.2, -0.15) is 0 Å². The molecule has 5 heteroatoms. The number of fused-ring (bicyclic) bond motifs is 3. The normalized spacial score (nSPS) is 21.3. The minimum absolute atomic E-state index is 0.407. The standard InChI is InChI=1S/C50H38N4O/c1-51-41-23-19-39(20-24-41)49-53-47(37-13-9-34(10-14-37)35-17-21-40(22-18-35)50-28-31-25-32(29-50)27-33(26-31)30-50)52-48(54-49)38-15-11-36(12-16-38)42-6-4-7-44-43-5-2-3-8-45(43)55-46(42)44/h2-24,31-33H,25-30H2. The lowest BCUT2D eigenvalue weighted by Crippen LogP contribution is -2.48. The van der Waals surface area contributed by atoms with Crippen molar-refractivity contribution in [2.24, 2.45) is 17.8 Å². The molecule has 0 radical (unpaired) electrons. The van der Waals surface area contributed by atoms with Crippen molar-refractivity contribution in [2.75, 3.05) is 0 Å². The molecule has 0 saturated heterocycles. The van der Waals surface area contributed by atoms with E-state index >= 15 is 0 Å². The van der Waals surface area contributed by atoms with E-state index in [9.17, 15) is 0 Å². The number of para-hydroxylation sites is 2. The van der Waals surface area contributed by atoms with E-state index in [2.05, 4.69) is 102 Å². The highest BCUT2D eigenvalue weighted by Gasteiger charge is 2.51. The zero-order valence-electron chi connectivity index (χ0n) is 30.5. The van der Waals surface area contributed by atoms with Crippen molar-refractivity contribution in [1.29, 1.82) is 0 Å². The van der Waals surface area contributed by atoms with Gasteiger partial charge >= 0.3 is 0 Å². The predicted octanol–water partition coefficient (Wildman–Crippen LogP) is 13.1. The summed E-state index contributed by atoms with van der Waals surface area (Å²) in [6.45, 7) is 7.41. The number of rotatable bonds is 6. The van der Waals surface area contributed by atoms with Crippen molar-refractivity contribution in [3.05, 3.63) is 157 Å². The molecule has 0 spiro atoms. The molecule has 6 aromatic carbocycles. The minimum atomic E-state index is 0.407. The summed E-state index contributed by atoms with van der Waals surface area (Å²) in [4.78, 5) is 18.5. The van der Waals surface area contributed by atoms with Gasteiger partial charge in [0, 0.05) is 33.0 Å². The Morgan fingerprint density at radius 3 is 1.53 bits per heavy atom. The fraction of sp³-hybridized carbons (Fsp3) is 0.200. The third-order valence-corrected chi connectivity index (χ3v) is 12.8. The van der Waals surface area contributed by atoms with Crippen LogP contribution in [0.15, 0.2) is 144 Å². The molecular weight excluding hydrogens is 673 g/mol. The Morgan fingerprint density at radius 1 is 0.491 bits per heavy atom. The van der Waals surface area contributed by atoms with E-state index in [1.165, 1.54) is 49.7 Å². The van der Waals surface area contributed by atoms with Crippen molar-refractivity contribution < 1.29 is 4.42 Å². The molecule has 4 aliphatic rings. The largest absolute Gasteiger partial charge is 0.455 e. The molecule has 5 nitrogen and oxygen atoms in total. The lowest BCUT2D eigenvalue weighted by molar-refractivity contribution is -0.00518. The summed E-state index contributed by atoms with van der Waals surface area (Å²) in [5.41, 5.74) is 11.5. The van der Waals surface area contributed by atoms with Crippen LogP contribution in [-0.4, -0.2) is 15.0 Å². The molecule has 0 N–H and O–H groups in total. The molecule has 2 aromatic heterocycles. The lowest BCUT2D eigenvalue weighted by Gasteiger charge is -2.57. The van der Waals surface area contributed by atoms with E-state index in [1.807, 2.05) is 42.5 Å². The SMILES string of the molecule is [C-]#[N+]c1ccc(-c2nc(-c3ccc(-c4ccc(C56CC7CC(CC(C7)C5)C6)cc4)cc3)nc(-c3ccc(-c4cccc5c4oc4ccccc45)cc3)n2)cc1. The predicted molar refractivity (Wildman–Crippen MR) is 220 cm³/mol. The monoisotopic (exact) mass is 710 g/mol. The Hall–Kier alpha value is -6.38. The average Bonchev–Trinajstić information content (AvgIpc) is 3.62. The molecule has 0 amide bonds. The van der Waals surface area contributed by atoms with Gasteiger partial charge in [0.1, 0.15) is 11.2 Å². The maximum Gasteiger partial charge on any atom is 0.187 e. The fourth-order valence-corrected chi connectivity index (χ4v) is 10.5. The second kappa shape index (κ2) is 12.6. The van der Waals surface area contributed by atoms with Gasteiger partial charge in [0.25, 0.3) is 0 Å². The van der Waals surface area contributed by atoms with E-state index in [4.69, 9.17) is 25.9 Å². The van der Waals surface area contributed by atoms with Gasteiger partial charge in [0.05, 0.1) is 6.57 Å². The molecule has 4 bridgehead atoms. The lowest BCUT2D eigenvalue weighted by atomic mass is 9.48. The van der Waals surface area contributed by atoms with Crippen LogP contribution in [0.1, 0.15) is 44.1 Å². The molecule has 4 fully saturated rings. The second-order valence-corrected chi connectivity index (χ2v) is 16.2. The fourth-order valence-electron chi connectivity index (χ4n) is 10.5. The zero-order valence-corrected chi connectivity index (χ0v) is 30.5. The van der Waals surface area contributed by atoms with Crippen molar-refractivity contribution in [3.8, 4) is 56.4 Å². The van der Waals surface area contributed by atoms with Crippen molar-refractivity contribution in [3.63, 3.8) is 0 Å². The summed E-state index contributed by atoms with van der Waals surface area (Å²) in [6.07, 6.45) is 8.56. The van der Waals surface area contributed by atoms with Crippen LogP contribution in [0.2, 0.25) is 0 Å². The van der Waals surface area contributed by atoms with E-state index in [0.717, 1.165) is 67.5 Å². The van der Waals surface area contributed by atoms with Crippen LogP contribution in [0.4, 0.5) is 5.69 Å². The Kier molecular flexibility index (Phi) is 7.35. The van der Waals surface area contributed by atoms with E-state index < -0.39 is 0 Å². The summed E-state index contributed by atoms with van der Waals surface area (Å²) in [7, 11) is 0. The van der Waals surface area contributed by atoms with Crippen molar-refractivity contribution in [1.82, 2.24) is 15.0 Å². The molecule has 4 saturated carbocycles. The first-order valence-corrected chi connectivity index (χ1v) is 19.5. The Labute approximate surface area is 320 Å². The highest BCUT2D eigenvalue weighted by Crippen LogP contribution is 2.60. The van der Waals surface area contributed by atoms with Crippen LogP contribution in [0.25, 0.3) is 83.2 Å². The van der Waals surface area contributed by atoms with Gasteiger partial charge in [-0.05, 0) is 90.0 Å². The first-order chi connectivity index (χ1) is 27.1. The molecule has 0 atom stereocenters. The number of hydrogen-bond acceptors (Lipinski definition) is 4. The summed E-state index contributed by atoms with van der Waals surface area (Å²) >= 11 is 0. The number of nitrogens with zero attached hydrogens (tertiary/aromatic N) is 4. The van der Waals surface area contributed by atoms with Crippen LogP contribution in [-0.2, 0) is 5.41 Å². The first kappa shape index (κ1) is 32.1. The summed E-state index contributed by atoms with van der Waals surface area (Å²) < 4.78 is 6.33. The van der Waals surface area contributed by atoms with Crippen LogP contribution in [0.3, 0.4) is 0 Å². The van der Waals surface area contributed by atoms with Gasteiger partial charge in [0.15, 0.2) is 23.2 Å². The molecule has 0 unspecified atom stereocenters. The molecule has 55 heavy (non-hydrogen) atoms. The first-order valence-electron chi connectivity index (χ1n) is 19.5. The highest BCUT2D eigenvalue weighted by molar-refractivity contribution is 6.09. The van der Waals surface area contributed by atoms with Crippen LogP contribution < -0.4 is 0 Å². The van der Waals surface area contributed by atoms with Crippen LogP contribution in [0, 0.1) is 24.3 Å². The van der Waals surface area contributed by atoms with Gasteiger partial charge in [-0.15, -0.1) is 0 Å². The molecule has 4 aliphatic carbocycles. The van der Waals surface area contributed by atoms with Crippen molar-refractivity contribution >= 4 is 27.6 Å². The Balaban J connectivity index is 0.920. The average molecular weight is 711 g/mol. The summed E-state index contributed by atoms with van der Waals surface area (Å²) in [5.74, 6) is 4.59. The van der Waals surface area contributed by atoms with E-state index in [1.54, 1.807) is 5.56 Å². The van der Waals surface area contributed by atoms with Crippen molar-refractivity contribution in [2.45, 2.75) is 43.9 Å². The third kappa shape index (κ3) is 5.55. The smallest absolute Gasteiger partial charge is 0.187 e. The molecule has 8 aromatic rings. The highest BCUT2D eigenvalue weighted by atomic mass is 16.3. The molecule has 0 aliphatic heterocycles. The topological polar surface area (TPSA) is 56.2 Å². The third-order valence-electron chi connectivity index (χ3n) is 12.8. The van der Waals surface area contributed by atoms with Gasteiger partial charge in [0.2, 0.25) is 0 Å². The number of benzene rings is 6. The van der Waals surface area contributed by atoms with Gasteiger partial charge in [-0.25, -0.2) is 19.8 Å². The summed E-state index contributed by atoms with van der Waals surface area (Å²) in [5, 5.41) is 2.22. The van der Waals surface area contributed by atoms with Crippen LogP contribution in [0.5, 0.6) is 0 Å². The Bertz CT molecular complexity index is 2740. The minimum Gasteiger partial charge on any atom is -0.455 e.